The average molecular weight is 289 g/mol. The lowest BCUT2D eigenvalue weighted by Crippen LogP contribution is -2.50. The normalized spacial score (nSPS) is 21.6. The van der Waals surface area contributed by atoms with Gasteiger partial charge >= 0.3 is 0 Å². The Balaban J connectivity index is 2.01. The highest BCUT2D eigenvalue weighted by Crippen LogP contribution is 2.25. The van der Waals surface area contributed by atoms with E-state index < -0.39 is 5.54 Å². The fourth-order valence-electron chi connectivity index (χ4n) is 2.97. The van der Waals surface area contributed by atoms with Crippen LogP contribution in [0.25, 0.3) is 0 Å². The molecule has 2 N–H and O–H groups in total. The minimum atomic E-state index is -0.938. The van der Waals surface area contributed by atoms with E-state index in [-0.39, 0.29) is 5.91 Å². The third-order valence-electron chi connectivity index (χ3n) is 4.50. The summed E-state index contributed by atoms with van der Waals surface area (Å²) in [4.78, 5) is 17.0. The summed E-state index contributed by atoms with van der Waals surface area (Å²) in [5, 5.41) is 0. The number of amides is 1. The Morgan fingerprint density at radius 3 is 2.71 bits per heavy atom. The standard InChI is InChI=1S/C17H27N3O/c1-4-19(3)12-14-10-11-20(13-14)16(21)17(2,18)15-8-6-5-7-9-15/h5-9,14H,4,10-13,18H2,1-3H3. The zero-order valence-corrected chi connectivity index (χ0v) is 13.4. The van der Waals surface area contributed by atoms with E-state index >= 15 is 0 Å². The maximum atomic E-state index is 12.8. The molecule has 0 radical (unpaired) electrons. The molecule has 0 aliphatic carbocycles. The molecule has 0 aromatic heterocycles. The van der Waals surface area contributed by atoms with E-state index in [1.54, 1.807) is 0 Å². The van der Waals surface area contributed by atoms with Crippen LogP contribution in [0.5, 0.6) is 0 Å². The van der Waals surface area contributed by atoms with Crippen molar-refractivity contribution in [3.63, 3.8) is 0 Å². The van der Waals surface area contributed by atoms with Crippen molar-refractivity contribution in [3.05, 3.63) is 35.9 Å². The minimum absolute atomic E-state index is 0.0374. The Kier molecular flexibility index (Phi) is 5.01. The zero-order valence-electron chi connectivity index (χ0n) is 13.4. The zero-order chi connectivity index (χ0) is 15.5. The number of hydrogen-bond acceptors (Lipinski definition) is 3. The Morgan fingerprint density at radius 2 is 2.10 bits per heavy atom. The first-order valence-electron chi connectivity index (χ1n) is 7.77. The molecule has 2 rings (SSSR count). The molecule has 0 bridgehead atoms. The van der Waals surface area contributed by atoms with Gasteiger partial charge in [-0.1, -0.05) is 37.3 Å². The molecule has 1 aliphatic rings. The van der Waals surface area contributed by atoms with Gasteiger partial charge in [0, 0.05) is 19.6 Å². The van der Waals surface area contributed by atoms with Gasteiger partial charge in [0.25, 0.3) is 0 Å². The van der Waals surface area contributed by atoms with Crippen LogP contribution in [0, 0.1) is 5.92 Å². The smallest absolute Gasteiger partial charge is 0.246 e. The number of benzene rings is 1. The Morgan fingerprint density at radius 1 is 1.43 bits per heavy atom. The maximum absolute atomic E-state index is 12.8. The minimum Gasteiger partial charge on any atom is -0.340 e. The Hall–Kier alpha value is -1.39. The molecule has 0 saturated carbocycles. The summed E-state index contributed by atoms with van der Waals surface area (Å²) in [5.74, 6) is 0.598. The quantitative estimate of drug-likeness (QED) is 0.897. The van der Waals surface area contributed by atoms with E-state index in [9.17, 15) is 4.79 Å². The number of rotatable bonds is 5. The summed E-state index contributed by atoms with van der Waals surface area (Å²) < 4.78 is 0. The topological polar surface area (TPSA) is 49.6 Å². The van der Waals surface area contributed by atoms with Gasteiger partial charge in [0.05, 0.1) is 0 Å². The molecule has 2 unspecified atom stereocenters. The predicted molar refractivity (Wildman–Crippen MR) is 85.8 cm³/mol. The molecule has 1 saturated heterocycles. The molecule has 1 aromatic rings. The molecule has 21 heavy (non-hydrogen) atoms. The lowest BCUT2D eigenvalue weighted by Gasteiger charge is -2.30. The van der Waals surface area contributed by atoms with Crippen molar-refractivity contribution < 1.29 is 4.79 Å². The van der Waals surface area contributed by atoms with Gasteiger partial charge < -0.3 is 15.5 Å². The van der Waals surface area contributed by atoms with Crippen LogP contribution < -0.4 is 5.73 Å². The molecule has 116 valence electrons. The summed E-state index contributed by atoms with van der Waals surface area (Å²) in [6, 6.07) is 9.65. The van der Waals surface area contributed by atoms with Crippen molar-refractivity contribution in [3.8, 4) is 0 Å². The number of hydrogen-bond donors (Lipinski definition) is 1. The summed E-state index contributed by atoms with van der Waals surface area (Å²) in [6.07, 6.45) is 1.07. The second-order valence-corrected chi connectivity index (χ2v) is 6.33. The third kappa shape index (κ3) is 3.63. The lowest BCUT2D eigenvalue weighted by molar-refractivity contribution is -0.135. The molecular formula is C17H27N3O. The summed E-state index contributed by atoms with van der Waals surface area (Å²) in [7, 11) is 2.13. The Bertz CT molecular complexity index is 472. The lowest BCUT2D eigenvalue weighted by atomic mass is 9.92. The van der Waals surface area contributed by atoms with E-state index in [1.165, 1.54) is 0 Å². The monoisotopic (exact) mass is 289 g/mol. The number of nitrogens with zero attached hydrogens (tertiary/aromatic N) is 2. The van der Waals surface area contributed by atoms with Crippen molar-refractivity contribution in [2.75, 3.05) is 33.2 Å². The molecular weight excluding hydrogens is 262 g/mol. The second kappa shape index (κ2) is 6.58. The van der Waals surface area contributed by atoms with Gasteiger partial charge in [-0.25, -0.2) is 0 Å². The van der Waals surface area contributed by atoms with Crippen molar-refractivity contribution in [1.82, 2.24) is 9.80 Å². The Labute approximate surface area is 127 Å². The highest BCUT2D eigenvalue weighted by Gasteiger charge is 2.37. The predicted octanol–water partition coefficient (Wildman–Crippen LogP) is 1.66. The van der Waals surface area contributed by atoms with E-state index in [2.05, 4.69) is 18.9 Å². The molecule has 2 atom stereocenters. The van der Waals surface area contributed by atoms with E-state index in [0.717, 1.165) is 38.2 Å². The first kappa shape index (κ1) is 16.0. The van der Waals surface area contributed by atoms with Crippen LogP contribution in [0.15, 0.2) is 30.3 Å². The number of likely N-dealkylation sites (tertiary alicyclic amines) is 1. The van der Waals surface area contributed by atoms with E-state index in [1.807, 2.05) is 42.2 Å². The maximum Gasteiger partial charge on any atom is 0.246 e. The van der Waals surface area contributed by atoms with Crippen molar-refractivity contribution in [1.29, 1.82) is 0 Å². The molecule has 1 aromatic carbocycles. The van der Waals surface area contributed by atoms with Gasteiger partial charge in [0.2, 0.25) is 5.91 Å². The van der Waals surface area contributed by atoms with Crippen LogP contribution in [0.1, 0.15) is 25.8 Å². The third-order valence-corrected chi connectivity index (χ3v) is 4.50. The van der Waals surface area contributed by atoms with Gasteiger partial charge in [-0.3, -0.25) is 4.79 Å². The van der Waals surface area contributed by atoms with Crippen molar-refractivity contribution in [2.45, 2.75) is 25.8 Å². The second-order valence-electron chi connectivity index (χ2n) is 6.33. The first-order valence-corrected chi connectivity index (χ1v) is 7.77. The molecule has 4 heteroatoms. The molecule has 1 aliphatic heterocycles. The number of nitrogens with two attached hydrogens (primary N) is 1. The SMILES string of the molecule is CCN(C)CC1CCN(C(=O)C(C)(N)c2ccccc2)C1. The van der Waals surface area contributed by atoms with Crippen LogP contribution >= 0.6 is 0 Å². The number of carbonyl (C=O) groups is 1. The van der Waals surface area contributed by atoms with Gasteiger partial charge in [-0.2, -0.15) is 0 Å². The van der Waals surface area contributed by atoms with Crippen LogP contribution in [-0.4, -0.2) is 48.9 Å². The van der Waals surface area contributed by atoms with Gasteiger partial charge in [0.15, 0.2) is 0 Å². The first-order chi connectivity index (χ1) is 9.95. The molecule has 1 heterocycles. The van der Waals surface area contributed by atoms with Crippen molar-refractivity contribution >= 4 is 5.91 Å². The highest BCUT2D eigenvalue weighted by atomic mass is 16.2. The van der Waals surface area contributed by atoms with Gasteiger partial charge in [-0.15, -0.1) is 0 Å². The fraction of sp³-hybridized carbons (Fsp3) is 0.588. The van der Waals surface area contributed by atoms with Gasteiger partial charge in [0.1, 0.15) is 5.54 Å². The number of carbonyl (C=O) groups excluding carboxylic acids is 1. The molecule has 0 spiro atoms. The van der Waals surface area contributed by atoms with Crippen LogP contribution in [0.3, 0.4) is 0 Å². The molecule has 4 nitrogen and oxygen atoms in total. The van der Waals surface area contributed by atoms with Crippen molar-refractivity contribution in [2.24, 2.45) is 11.7 Å². The van der Waals surface area contributed by atoms with E-state index in [4.69, 9.17) is 5.73 Å². The van der Waals surface area contributed by atoms with Crippen LogP contribution in [-0.2, 0) is 10.3 Å². The fourth-order valence-corrected chi connectivity index (χ4v) is 2.97. The summed E-state index contributed by atoms with van der Waals surface area (Å²) >= 11 is 0. The van der Waals surface area contributed by atoms with Gasteiger partial charge in [-0.05, 0) is 38.4 Å². The highest BCUT2D eigenvalue weighted by molar-refractivity contribution is 5.87. The molecule has 1 amide bonds. The van der Waals surface area contributed by atoms with E-state index in [0.29, 0.717) is 5.92 Å². The summed E-state index contributed by atoms with van der Waals surface area (Å²) in [6.45, 7) is 7.71. The van der Waals surface area contributed by atoms with Crippen LogP contribution in [0.4, 0.5) is 0 Å². The average Bonchev–Trinajstić information content (AvgIpc) is 2.95. The summed E-state index contributed by atoms with van der Waals surface area (Å²) in [5.41, 5.74) is 6.27. The largest absolute Gasteiger partial charge is 0.340 e. The molecule has 1 fully saturated rings. The van der Waals surface area contributed by atoms with Crippen LogP contribution in [0.2, 0.25) is 0 Å².